The second-order valence-electron chi connectivity index (χ2n) is 8.48. The number of aromatic nitrogens is 2. The monoisotopic (exact) mass is 457 g/mol. The van der Waals surface area contributed by atoms with Crippen LogP contribution >= 0.6 is 11.8 Å². The van der Waals surface area contributed by atoms with Gasteiger partial charge in [0.1, 0.15) is 0 Å². The number of benzene rings is 3. The molecular weight excluding hydrogens is 430 g/mol. The zero-order valence-corrected chi connectivity index (χ0v) is 20.1. The molecule has 0 bridgehead atoms. The lowest BCUT2D eigenvalue weighted by Gasteiger charge is -2.11. The Bertz CT molecular complexity index is 1360. The summed E-state index contributed by atoms with van der Waals surface area (Å²) in [6.45, 7) is 2.78. The molecule has 0 amide bonds. The van der Waals surface area contributed by atoms with Crippen LogP contribution in [0.25, 0.3) is 10.9 Å². The molecule has 168 valence electrons. The average molecular weight is 458 g/mol. The minimum atomic E-state index is -0.0295. The Balaban J connectivity index is 1.47. The van der Waals surface area contributed by atoms with Crippen LogP contribution in [0.1, 0.15) is 32.6 Å². The number of rotatable bonds is 7. The number of aryl methyl sites for hydroxylation is 1. The van der Waals surface area contributed by atoms with Crippen LogP contribution in [0.3, 0.4) is 0 Å². The van der Waals surface area contributed by atoms with Crippen molar-refractivity contribution >= 4 is 28.4 Å². The number of thioether (sulfide) groups is 1. The van der Waals surface area contributed by atoms with Crippen molar-refractivity contribution in [2.75, 3.05) is 14.1 Å². The Morgan fingerprint density at radius 2 is 1.55 bits per heavy atom. The highest BCUT2D eigenvalue weighted by molar-refractivity contribution is 7.98. The molecule has 6 heteroatoms. The Labute approximate surface area is 198 Å². The smallest absolute Gasteiger partial charge is 0.262 e. The van der Waals surface area contributed by atoms with Gasteiger partial charge in [-0.15, -0.1) is 0 Å². The van der Waals surface area contributed by atoms with Gasteiger partial charge in [0, 0.05) is 30.5 Å². The molecule has 4 aromatic rings. The highest BCUT2D eigenvalue weighted by atomic mass is 32.2. The van der Waals surface area contributed by atoms with Gasteiger partial charge in [-0.1, -0.05) is 72.4 Å². The molecule has 0 aliphatic carbocycles. The van der Waals surface area contributed by atoms with Crippen LogP contribution in [0.5, 0.6) is 0 Å². The number of carbonyl (C=O) groups excluding carboxylic acids is 1. The molecule has 0 saturated carbocycles. The first-order valence-corrected chi connectivity index (χ1v) is 11.8. The lowest BCUT2D eigenvalue weighted by molar-refractivity contribution is 0.103. The number of nitrogens with zero attached hydrogens (tertiary/aromatic N) is 3. The lowest BCUT2D eigenvalue weighted by Crippen LogP contribution is -2.20. The second-order valence-corrected chi connectivity index (χ2v) is 9.42. The van der Waals surface area contributed by atoms with Gasteiger partial charge in [-0.25, -0.2) is 4.98 Å². The maximum atomic E-state index is 12.8. The Morgan fingerprint density at radius 3 is 2.15 bits per heavy atom. The minimum Gasteiger partial charge on any atom is -0.305 e. The fraction of sp³-hybridized carbons (Fsp3) is 0.222. The molecule has 0 radical (unpaired) electrons. The first-order chi connectivity index (χ1) is 15.8. The topological polar surface area (TPSA) is 55.2 Å². The van der Waals surface area contributed by atoms with Crippen molar-refractivity contribution in [2.24, 2.45) is 7.05 Å². The van der Waals surface area contributed by atoms with E-state index in [0.717, 1.165) is 23.2 Å². The SMILES string of the molecule is Cc1cccc2nc(SCc3ccc(C(=O)c4ccc(CN(C)C)cc4)cc3)n(C)c(=O)c12. The third-order valence-corrected chi connectivity index (χ3v) is 6.67. The van der Waals surface area contributed by atoms with E-state index in [2.05, 4.69) is 4.90 Å². The van der Waals surface area contributed by atoms with Crippen LogP contribution in [0, 0.1) is 6.92 Å². The van der Waals surface area contributed by atoms with Crippen molar-refractivity contribution in [1.82, 2.24) is 14.5 Å². The standard InChI is InChI=1S/C27H27N3O2S/c1-18-6-5-7-23-24(18)26(32)30(4)27(28-23)33-17-20-10-14-22(15-11-20)25(31)21-12-8-19(9-13-21)16-29(2)3/h5-15H,16-17H2,1-4H3. The van der Waals surface area contributed by atoms with E-state index in [9.17, 15) is 9.59 Å². The van der Waals surface area contributed by atoms with E-state index in [1.54, 1.807) is 11.6 Å². The third kappa shape index (κ3) is 5.07. The van der Waals surface area contributed by atoms with Crippen molar-refractivity contribution < 1.29 is 4.79 Å². The van der Waals surface area contributed by atoms with E-state index < -0.39 is 0 Å². The highest BCUT2D eigenvalue weighted by Gasteiger charge is 2.12. The van der Waals surface area contributed by atoms with Gasteiger partial charge < -0.3 is 4.90 Å². The van der Waals surface area contributed by atoms with Crippen LogP contribution in [-0.2, 0) is 19.3 Å². The number of hydrogen-bond acceptors (Lipinski definition) is 5. The summed E-state index contributed by atoms with van der Waals surface area (Å²) in [5.41, 5.74) is 5.22. The predicted molar refractivity (Wildman–Crippen MR) is 135 cm³/mol. The highest BCUT2D eigenvalue weighted by Crippen LogP contribution is 2.23. The summed E-state index contributed by atoms with van der Waals surface area (Å²) in [6.07, 6.45) is 0. The predicted octanol–water partition coefficient (Wildman–Crippen LogP) is 4.83. The largest absolute Gasteiger partial charge is 0.305 e. The summed E-state index contributed by atoms with van der Waals surface area (Å²) >= 11 is 1.51. The Kier molecular flexibility index (Phi) is 6.77. The van der Waals surface area contributed by atoms with Gasteiger partial charge in [0.2, 0.25) is 0 Å². The first-order valence-electron chi connectivity index (χ1n) is 10.8. The molecule has 0 atom stereocenters. The van der Waals surface area contributed by atoms with E-state index >= 15 is 0 Å². The van der Waals surface area contributed by atoms with E-state index in [1.807, 2.05) is 87.7 Å². The summed E-state index contributed by atoms with van der Waals surface area (Å²) in [6, 6.07) is 21.2. The summed E-state index contributed by atoms with van der Waals surface area (Å²) in [5, 5.41) is 1.35. The van der Waals surface area contributed by atoms with Gasteiger partial charge in [0.25, 0.3) is 5.56 Å². The number of hydrogen-bond donors (Lipinski definition) is 0. The van der Waals surface area contributed by atoms with Crippen molar-refractivity contribution in [3.63, 3.8) is 0 Å². The Morgan fingerprint density at radius 1 is 0.939 bits per heavy atom. The number of ketones is 1. The van der Waals surface area contributed by atoms with Gasteiger partial charge in [-0.05, 0) is 43.8 Å². The van der Waals surface area contributed by atoms with Crippen molar-refractivity contribution in [3.8, 4) is 0 Å². The normalized spacial score (nSPS) is 11.3. The maximum absolute atomic E-state index is 12.8. The van der Waals surface area contributed by atoms with Crippen LogP contribution in [0.4, 0.5) is 0 Å². The zero-order valence-electron chi connectivity index (χ0n) is 19.3. The van der Waals surface area contributed by atoms with Crippen LogP contribution in [0.2, 0.25) is 0 Å². The third-order valence-electron chi connectivity index (χ3n) is 5.57. The van der Waals surface area contributed by atoms with Gasteiger partial charge in [0.05, 0.1) is 10.9 Å². The van der Waals surface area contributed by atoms with Gasteiger partial charge in [0.15, 0.2) is 10.9 Å². The summed E-state index contributed by atoms with van der Waals surface area (Å²) in [7, 11) is 5.81. The molecule has 5 nitrogen and oxygen atoms in total. The van der Waals surface area contributed by atoms with Crippen molar-refractivity contribution in [2.45, 2.75) is 24.4 Å². The average Bonchev–Trinajstić information content (AvgIpc) is 2.80. The fourth-order valence-electron chi connectivity index (χ4n) is 3.78. The molecule has 1 heterocycles. The van der Waals surface area contributed by atoms with E-state index in [1.165, 1.54) is 17.3 Å². The molecule has 0 aliphatic rings. The number of fused-ring (bicyclic) bond motifs is 1. The first kappa shape index (κ1) is 23.0. The molecule has 4 rings (SSSR count). The quantitative estimate of drug-likeness (QED) is 0.226. The zero-order chi connectivity index (χ0) is 23.5. The van der Waals surface area contributed by atoms with E-state index in [-0.39, 0.29) is 11.3 Å². The van der Waals surface area contributed by atoms with Crippen LogP contribution < -0.4 is 5.56 Å². The lowest BCUT2D eigenvalue weighted by atomic mass is 10.0. The maximum Gasteiger partial charge on any atom is 0.262 e. The molecule has 1 aromatic heterocycles. The molecule has 33 heavy (non-hydrogen) atoms. The number of carbonyl (C=O) groups is 1. The van der Waals surface area contributed by atoms with E-state index in [4.69, 9.17) is 4.98 Å². The van der Waals surface area contributed by atoms with Gasteiger partial charge >= 0.3 is 0 Å². The second kappa shape index (κ2) is 9.73. The van der Waals surface area contributed by atoms with Crippen molar-refractivity contribution in [3.05, 3.63) is 105 Å². The van der Waals surface area contributed by atoms with Gasteiger partial charge in [-0.2, -0.15) is 0 Å². The fourth-order valence-corrected chi connectivity index (χ4v) is 4.71. The molecule has 0 spiro atoms. The molecule has 0 N–H and O–H groups in total. The molecule has 0 aliphatic heterocycles. The van der Waals surface area contributed by atoms with Gasteiger partial charge in [-0.3, -0.25) is 14.2 Å². The van der Waals surface area contributed by atoms with Crippen LogP contribution in [-0.4, -0.2) is 34.3 Å². The minimum absolute atomic E-state index is 0.0135. The summed E-state index contributed by atoms with van der Waals surface area (Å²) in [5.74, 6) is 0.672. The molecule has 0 fully saturated rings. The Hall–Kier alpha value is -3.22. The molecule has 0 unspecified atom stereocenters. The molecule has 3 aromatic carbocycles. The van der Waals surface area contributed by atoms with Crippen molar-refractivity contribution in [1.29, 1.82) is 0 Å². The van der Waals surface area contributed by atoms with E-state index in [0.29, 0.717) is 27.4 Å². The summed E-state index contributed by atoms with van der Waals surface area (Å²) in [4.78, 5) is 32.4. The summed E-state index contributed by atoms with van der Waals surface area (Å²) < 4.78 is 1.61. The van der Waals surface area contributed by atoms with Crippen LogP contribution in [0.15, 0.2) is 76.7 Å². The molecular formula is C27H27N3O2S. The molecule has 0 saturated heterocycles.